The first-order valence-electron chi connectivity index (χ1n) is 5.27. The highest BCUT2D eigenvalue weighted by Crippen LogP contribution is 2.18. The minimum absolute atomic E-state index is 0.0601. The molecule has 0 radical (unpaired) electrons. The fourth-order valence-electron chi connectivity index (χ4n) is 1.69. The van der Waals surface area contributed by atoms with Gasteiger partial charge in [-0.25, -0.2) is 8.78 Å². The van der Waals surface area contributed by atoms with E-state index < -0.39 is 24.4 Å². The average molecular weight is 234 g/mol. The van der Waals surface area contributed by atoms with E-state index in [1.54, 1.807) is 13.8 Å². The molecule has 2 amide bonds. The molecule has 1 saturated heterocycles. The van der Waals surface area contributed by atoms with Crippen LogP contribution in [0.3, 0.4) is 0 Å². The van der Waals surface area contributed by atoms with Gasteiger partial charge in [0.25, 0.3) is 6.43 Å². The average Bonchev–Trinajstić information content (AvgIpc) is 2.30. The minimum Gasteiger partial charge on any atom is -0.342 e. The molecule has 1 rings (SSSR count). The fourth-order valence-corrected chi connectivity index (χ4v) is 1.69. The topological polar surface area (TPSA) is 49.4 Å². The summed E-state index contributed by atoms with van der Waals surface area (Å²) in [5.41, 5.74) is -1.05. The van der Waals surface area contributed by atoms with Crippen molar-refractivity contribution in [1.82, 2.24) is 10.2 Å². The predicted octanol–water partition coefficient (Wildman–Crippen LogP) is 0.769. The van der Waals surface area contributed by atoms with E-state index in [4.69, 9.17) is 0 Å². The van der Waals surface area contributed by atoms with E-state index in [1.807, 2.05) is 0 Å². The number of hydrogen-bond acceptors (Lipinski definition) is 2. The Labute approximate surface area is 93.0 Å². The van der Waals surface area contributed by atoms with Crippen LogP contribution in [0.15, 0.2) is 0 Å². The Morgan fingerprint density at radius 2 is 2.12 bits per heavy atom. The molecular weight excluding hydrogens is 218 g/mol. The monoisotopic (exact) mass is 234 g/mol. The normalized spacial score (nSPS) is 26.9. The minimum atomic E-state index is -2.57. The third-order valence-electron chi connectivity index (χ3n) is 2.85. The number of nitrogens with zero attached hydrogens (tertiary/aromatic N) is 1. The van der Waals surface area contributed by atoms with Crippen LogP contribution < -0.4 is 5.32 Å². The van der Waals surface area contributed by atoms with Crippen molar-refractivity contribution in [2.45, 2.75) is 38.7 Å². The largest absolute Gasteiger partial charge is 0.342 e. The van der Waals surface area contributed by atoms with Crippen LogP contribution in [0, 0.1) is 0 Å². The number of rotatable bonds is 3. The third kappa shape index (κ3) is 2.68. The molecule has 1 aliphatic rings. The van der Waals surface area contributed by atoms with Gasteiger partial charge in [-0.3, -0.25) is 9.59 Å². The highest BCUT2D eigenvalue weighted by molar-refractivity contribution is 5.93. The van der Waals surface area contributed by atoms with Gasteiger partial charge >= 0.3 is 0 Å². The molecule has 1 atom stereocenters. The number of nitrogens with one attached hydrogen (secondary N) is 1. The number of carbonyl (C=O) groups is 2. The Kier molecular flexibility index (Phi) is 3.83. The number of carbonyl (C=O) groups excluding carboxylic acids is 2. The zero-order valence-electron chi connectivity index (χ0n) is 9.43. The summed E-state index contributed by atoms with van der Waals surface area (Å²) in [6, 6.07) is 0. The maximum atomic E-state index is 12.3. The fraction of sp³-hybridized carbons (Fsp3) is 0.800. The summed E-state index contributed by atoms with van der Waals surface area (Å²) in [5, 5.41) is 2.58. The zero-order chi connectivity index (χ0) is 12.3. The third-order valence-corrected chi connectivity index (χ3v) is 2.85. The van der Waals surface area contributed by atoms with Gasteiger partial charge in [0.1, 0.15) is 5.54 Å². The van der Waals surface area contributed by atoms with Crippen molar-refractivity contribution in [1.29, 1.82) is 0 Å². The molecule has 92 valence electrons. The summed E-state index contributed by atoms with van der Waals surface area (Å²) >= 11 is 0. The molecule has 0 aromatic heterocycles. The van der Waals surface area contributed by atoms with Crippen molar-refractivity contribution in [2.24, 2.45) is 0 Å². The molecule has 6 heteroatoms. The van der Waals surface area contributed by atoms with Crippen LogP contribution in [0.25, 0.3) is 0 Å². The van der Waals surface area contributed by atoms with E-state index in [0.29, 0.717) is 6.42 Å². The Morgan fingerprint density at radius 1 is 1.50 bits per heavy atom. The van der Waals surface area contributed by atoms with Gasteiger partial charge in [0.2, 0.25) is 11.8 Å². The molecule has 0 saturated carbocycles. The molecule has 0 aliphatic carbocycles. The Hall–Kier alpha value is -1.20. The lowest BCUT2D eigenvalue weighted by atomic mass is 9.97. The van der Waals surface area contributed by atoms with Gasteiger partial charge in [-0.1, -0.05) is 6.92 Å². The van der Waals surface area contributed by atoms with Crippen molar-refractivity contribution in [3.05, 3.63) is 0 Å². The van der Waals surface area contributed by atoms with Gasteiger partial charge in [-0.15, -0.1) is 0 Å². The first kappa shape index (κ1) is 12.9. The standard InChI is InChI=1S/C10H16F2N2O2/c1-3-10(2)9(16)14(6-7(11)12)5-4-8(15)13-10/h7H,3-6H2,1-2H3,(H,13,15). The number of halogens is 2. The molecule has 0 aromatic carbocycles. The number of amides is 2. The molecule has 0 spiro atoms. The molecule has 1 heterocycles. The Bertz CT molecular complexity index is 297. The second-order valence-electron chi connectivity index (χ2n) is 4.13. The van der Waals surface area contributed by atoms with Crippen LogP contribution in [0.1, 0.15) is 26.7 Å². The van der Waals surface area contributed by atoms with Gasteiger partial charge in [0, 0.05) is 13.0 Å². The highest BCUT2D eigenvalue weighted by Gasteiger charge is 2.39. The van der Waals surface area contributed by atoms with E-state index >= 15 is 0 Å². The SMILES string of the molecule is CCC1(C)NC(=O)CCN(CC(F)F)C1=O. The van der Waals surface area contributed by atoms with Crippen LogP contribution in [-0.4, -0.2) is 41.8 Å². The van der Waals surface area contributed by atoms with Crippen molar-refractivity contribution in [3.8, 4) is 0 Å². The van der Waals surface area contributed by atoms with Crippen LogP contribution in [-0.2, 0) is 9.59 Å². The Morgan fingerprint density at radius 3 is 2.62 bits per heavy atom. The summed E-state index contributed by atoms with van der Waals surface area (Å²) in [6.45, 7) is 2.76. The molecule has 1 unspecified atom stereocenters. The highest BCUT2D eigenvalue weighted by atomic mass is 19.3. The van der Waals surface area contributed by atoms with Crippen LogP contribution in [0.2, 0.25) is 0 Å². The van der Waals surface area contributed by atoms with E-state index in [2.05, 4.69) is 5.32 Å². The van der Waals surface area contributed by atoms with E-state index in [9.17, 15) is 18.4 Å². The lowest BCUT2D eigenvalue weighted by molar-refractivity contribution is -0.139. The molecule has 4 nitrogen and oxygen atoms in total. The van der Waals surface area contributed by atoms with E-state index in [1.165, 1.54) is 0 Å². The summed E-state index contributed by atoms with van der Waals surface area (Å²) in [6.07, 6.45) is -2.11. The molecule has 16 heavy (non-hydrogen) atoms. The van der Waals surface area contributed by atoms with Gasteiger partial charge in [-0.05, 0) is 13.3 Å². The molecule has 1 N–H and O–H groups in total. The van der Waals surface area contributed by atoms with Gasteiger partial charge < -0.3 is 10.2 Å². The lowest BCUT2D eigenvalue weighted by Crippen LogP contribution is -2.55. The van der Waals surface area contributed by atoms with Gasteiger partial charge in [0.15, 0.2) is 0 Å². The summed E-state index contributed by atoms with van der Waals surface area (Å²) in [5.74, 6) is -0.699. The lowest BCUT2D eigenvalue weighted by Gasteiger charge is -2.30. The molecule has 0 bridgehead atoms. The quantitative estimate of drug-likeness (QED) is 0.784. The van der Waals surface area contributed by atoms with Crippen LogP contribution in [0.5, 0.6) is 0 Å². The maximum Gasteiger partial charge on any atom is 0.255 e. The van der Waals surface area contributed by atoms with Crippen molar-refractivity contribution in [3.63, 3.8) is 0 Å². The summed E-state index contributed by atoms with van der Waals surface area (Å²) < 4.78 is 24.6. The van der Waals surface area contributed by atoms with Crippen molar-refractivity contribution < 1.29 is 18.4 Å². The van der Waals surface area contributed by atoms with Crippen LogP contribution >= 0.6 is 0 Å². The molecule has 0 aromatic rings. The number of alkyl halides is 2. The predicted molar refractivity (Wildman–Crippen MR) is 54.0 cm³/mol. The maximum absolute atomic E-state index is 12.3. The summed E-state index contributed by atoms with van der Waals surface area (Å²) in [4.78, 5) is 24.4. The van der Waals surface area contributed by atoms with Gasteiger partial charge in [0.05, 0.1) is 6.54 Å². The first-order valence-corrected chi connectivity index (χ1v) is 5.27. The van der Waals surface area contributed by atoms with E-state index in [0.717, 1.165) is 4.90 Å². The smallest absolute Gasteiger partial charge is 0.255 e. The molecular formula is C10H16F2N2O2. The molecule has 1 aliphatic heterocycles. The number of hydrogen-bond donors (Lipinski definition) is 1. The molecule has 1 fully saturated rings. The Balaban J connectivity index is 2.87. The van der Waals surface area contributed by atoms with Crippen molar-refractivity contribution >= 4 is 11.8 Å². The van der Waals surface area contributed by atoms with Crippen molar-refractivity contribution in [2.75, 3.05) is 13.1 Å². The van der Waals surface area contributed by atoms with Gasteiger partial charge in [-0.2, -0.15) is 0 Å². The second kappa shape index (κ2) is 4.76. The second-order valence-corrected chi connectivity index (χ2v) is 4.13. The van der Waals surface area contributed by atoms with E-state index in [-0.39, 0.29) is 18.9 Å². The first-order chi connectivity index (χ1) is 7.39. The van der Waals surface area contributed by atoms with Crippen LogP contribution in [0.4, 0.5) is 8.78 Å². The zero-order valence-corrected chi connectivity index (χ0v) is 9.43. The summed E-state index contributed by atoms with van der Waals surface area (Å²) in [7, 11) is 0.